The molecule has 30 heavy (non-hydrogen) atoms. The molecule has 6 nitrogen and oxygen atoms in total. The van der Waals surface area contributed by atoms with Crippen molar-refractivity contribution in [1.82, 2.24) is 20.4 Å². The van der Waals surface area contributed by atoms with Gasteiger partial charge in [0, 0.05) is 36.7 Å². The van der Waals surface area contributed by atoms with Crippen molar-refractivity contribution in [3.8, 4) is 11.3 Å². The molecular weight excluding hydrogens is 396 g/mol. The Labute approximate surface area is 181 Å². The number of unbranched alkanes of at least 4 members (excludes halogenated alkanes) is 2. The van der Waals surface area contributed by atoms with E-state index in [1.165, 1.54) is 18.3 Å². The molecule has 1 aromatic carbocycles. The number of H-pyrrole nitrogens is 1. The topological polar surface area (TPSA) is 78.1 Å². The molecular formula is C23H28N4O2S. The van der Waals surface area contributed by atoms with E-state index in [0.29, 0.717) is 11.4 Å². The first-order valence-electron chi connectivity index (χ1n) is 10.2. The Morgan fingerprint density at radius 2 is 1.90 bits per heavy atom. The maximum atomic E-state index is 12.6. The molecule has 3 rings (SSSR count). The number of aryl methyl sites for hydroxylation is 1. The predicted molar refractivity (Wildman–Crippen MR) is 120 cm³/mol. The van der Waals surface area contributed by atoms with Gasteiger partial charge in [0.05, 0.1) is 17.1 Å². The number of amides is 2. The lowest BCUT2D eigenvalue weighted by Gasteiger charge is -2.16. The second kappa shape index (κ2) is 10.7. The molecule has 2 amide bonds. The molecule has 0 aliphatic rings. The Kier molecular flexibility index (Phi) is 7.79. The number of hydrogen-bond acceptors (Lipinski definition) is 4. The third-order valence-electron chi connectivity index (χ3n) is 4.87. The highest BCUT2D eigenvalue weighted by molar-refractivity contribution is 7.14. The summed E-state index contributed by atoms with van der Waals surface area (Å²) in [5.41, 5.74) is 3.24. The van der Waals surface area contributed by atoms with Crippen molar-refractivity contribution in [3.63, 3.8) is 0 Å². The van der Waals surface area contributed by atoms with Crippen molar-refractivity contribution in [3.05, 3.63) is 64.0 Å². The Hall–Kier alpha value is -2.93. The van der Waals surface area contributed by atoms with Gasteiger partial charge in [0.2, 0.25) is 5.91 Å². The summed E-state index contributed by atoms with van der Waals surface area (Å²) in [5.74, 6) is -0.0324. The fraction of sp³-hybridized carbons (Fsp3) is 0.348. The van der Waals surface area contributed by atoms with E-state index >= 15 is 0 Å². The molecule has 2 heterocycles. The molecule has 0 spiro atoms. The number of benzene rings is 1. The monoisotopic (exact) mass is 424 g/mol. The first-order chi connectivity index (χ1) is 14.5. The van der Waals surface area contributed by atoms with Gasteiger partial charge in [0.1, 0.15) is 0 Å². The minimum atomic E-state index is -0.0696. The zero-order chi connectivity index (χ0) is 21.3. The summed E-state index contributed by atoms with van der Waals surface area (Å²) in [5, 5.41) is 10.3. The molecule has 2 N–H and O–H groups in total. The molecule has 0 aliphatic heterocycles. The molecule has 0 aliphatic carbocycles. The van der Waals surface area contributed by atoms with Crippen LogP contribution in [0.15, 0.2) is 48.5 Å². The van der Waals surface area contributed by atoms with Gasteiger partial charge in [-0.25, -0.2) is 0 Å². The molecule has 0 fully saturated rings. The smallest absolute Gasteiger partial charge is 0.263 e. The van der Waals surface area contributed by atoms with Gasteiger partial charge >= 0.3 is 0 Å². The number of hydrogen-bond donors (Lipinski definition) is 2. The van der Waals surface area contributed by atoms with E-state index in [-0.39, 0.29) is 11.8 Å². The van der Waals surface area contributed by atoms with Crippen LogP contribution < -0.4 is 5.32 Å². The van der Waals surface area contributed by atoms with Crippen molar-refractivity contribution in [1.29, 1.82) is 0 Å². The fourth-order valence-corrected chi connectivity index (χ4v) is 4.12. The van der Waals surface area contributed by atoms with Crippen LogP contribution in [0.5, 0.6) is 0 Å². The Bertz CT molecular complexity index is 965. The lowest BCUT2D eigenvalue weighted by atomic mass is 10.1. The van der Waals surface area contributed by atoms with E-state index in [9.17, 15) is 9.59 Å². The van der Waals surface area contributed by atoms with Gasteiger partial charge in [-0.15, -0.1) is 11.3 Å². The Morgan fingerprint density at radius 1 is 1.10 bits per heavy atom. The average molecular weight is 425 g/mol. The van der Waals surface area contributed by atoms with Crippen LogP contribution in [0, 0.1) is 0 Å². The summed E-state index contributed by atoms with van der Waals surface area (Å²) in [6.45, 7) is 2.69. The maximum Gasteiger partial charge on any atom is 0.263 e. The summed E-state index contributed by atoms with van der Waals surface area (Å²) in [7, 11) is 1.84. The minimum Gasteiger partial charge on any atom is -0.351 e. The first-order valence-corrected chi connectivity index (χ1v) is 11.0. The van der Waals surface area contributed by atoms with Crippen molar-refractivity contribution in [2.45, 2.75) is 39.2 Å². The summed E-state index contributed by atoms with van der Waals surface area (Å²) < 4.78 is 0. The molecule has 0 atom stereocenters. The minimum absolute atomic E-state index is 0.0372. The molecule has 0 bridgehead atoms. The quantitative estimate of drug-likeness (QED) is 0.477. The Morgan fingerprint density at radius 3 is 2.67 bits per heavy atom. The normalized spacial score (nSPS) is 10.7. The van der Waals surface area contributed by atoms with Crippen LogP contribution >= 0.6 is 11.3 Å². The van der Waals surface area contributed by atoms with Crippen LogP contribution in [0.2, 0.25) is 0 Å². The summed E-state index contributed by atoms with van der Waals surface area (Å²) in [6, 6.07) is 16.0. The number of nitrogens with zero attached hydrogens (tertiary/aromatic N) is 2. The van der Waals surface area contributed by atoms with Gasteiger partial charge in [-0.05, 0) is 37.5 Å². The molecule has 0 saturated carbocycles. The van der Waals surface area contributed by atoms with Crippen LogP contribution in [-0.4, -0.2) is 40.5 Å². The zero-order valence-electron chi connectivity index (χ0n) is 17.5. The highest BCUT2D eigenvalue weighted by atomic mass is 32.1. The third kappa shape index (κ3) is 6.29. The summed E-state index contributed by atoms with van der Waals surface area (Å²) in [6.07, 6.45) is 4.02. The number of thiophene rings is 1. The maximum absolute atomic E-state index is 12.6. The van der Waals surface area contributed by atoms with E-state index in [1.54, 1.807) is 4.90 Å². The largest absolute Gasteiger partial charge is 0.351 e. The van der Waals surface area contributed by atoms with E-state index < -0.39 is 0 Å². The first kappa shape index (κ1) is 21.8. The second-order valence-electron chi connectivity index (χ2n) is 7.36. The van der Waals surface area contributed by atoms with Gasteiger partial charge in [-0.2, -0.15) is 5.10 Å². The lowest BCUT2D eigenvalue weighted by Crippen LogP contribution is -2.27. The molecule has 0 unspecified atom stereocenters. The molecule has 7 heteroatoms. The number of carbonyl (C=O) groups excluding carboxylic acids is 2. The summed E-state index contributed by atoms with van der Waals surface area (Å²) >= 11 is 1.44. The van der Waals surface area contributed by atoms with E-state index in [2.05, 4.69) is 33.7 Å². The SMILES string of the molecule is CC(=O)NCc1ccc(C(=O)N(C)CCCCCc2cc(-c3ccccc3)n[nH]2)s1. The zero-order valence-corrected chi connectivity index (χ0v) is 18.3. The molecule has 0 saturated heterocycles. The van der Waals surface area contributed by atoms with Crippen molar-refractivity contribution in [2.75, 3.05) is 13.6 Å². The third-order valence-corrected chi connectivity index (χ3v) is 5.94. The molecule has 2 aromatic heterocycles. The molecule has 3 aromatic rings. The van der Waals surface area contributed by atoms with E-state index in [0.717, 1.165) is 54.1 Å². The number of carbonyl (C=O) groups is 2. The average Bonchev–Trinajstić information content (AvgIpc) is 3.42. The Balaban J connectivity index is 1.37. The standard InChI is InChI=1S/C23H28N4O2S/c1-17(28)24-16-20-12-13-22(30-20)23(29)27(2)14-8-4-7-11-19-15-21(26-25-19)18-9-5-3-6-10-18/h3,5-6,9-10,12-13,15H,4,7-8,11,14,16H2,1-2H3,(H,24,28)(H,25,26). The van der Waals surface area contributed by atoms with Gasteiger partial charge in [-0.1, -0.05) is 36.8 Å². The second-order valence-corrected chi connectivity index (χ2v) is 8.53. The molecule has 0 radical (unpaired) electrons. The van der Waals surface area contributed by atoms with Gasteiger partial charge in [-0.3, -0.25) is 14.7 Å². The highest BCUT2D eigenvalue weighted by Gasteiger charge is 2.14. The van der Waals surface area contributed by atoms with E-state index in [4.69, 9.17) is 0 Å². The predicted octanol–water partition coefficient (Wildman–Crippen LogP) is 4.26. The molecule has 158 valence electrons. The number of aromatic amines is 1. The van der Waals surface area contributed by atoms with Crippen molar-refractivity contribution in [2.24, 2.45) is 0 Å². The van der Waals surface area contributed by atoms with Crippen LogP contribution in [0.1, 0.15) is 46.4 Å². The van der Waals surface area contributed by atoms with Crippen molar-refractivity contribution >= 4 is 23.2 Å². The van der Waals surface area contributed by atoms with Crippen molar-refractivity contribution < 1.29 is 9.59 Å². The highest BCUT2D eigenvalue weighted by Crippen LogP contribution is 2.19. The number of aromatic nitrogens is 2. The van der Waals surface area contributed by atoms with Crippen LogP contribution in [0.3, 0.4) is 0 Å². The van der Waals surface area contributed by atoms with Crippen LogP contribution in [0.25, 0.3) is 11.3 Å². The van der Waals surface area contributed by atoms with Crippen LogP contribution in [-0.2, 0) is 17.8 Å². The number of rotatable bonds is 10. The summed E-state index contributed by atoms with van der Waals surface area (Å²) in [4.78, 5) is 27.0. The van der Waals surface area contributed by atoms with Gasteiger partial charge in [0.25, 0.3) is 5.91 Å². The van der Waals surface area contributed by atoms with Gasteiger partial charge in [0.15, 0.2) is 0 Å². The van der Waals surface area contributed by atoms with E-state index in [1.807, 2.05) is 37.4 Å². The number of nitrogens with one attached hydrogen (secondary N) is 2. The lowest BCUT2D eigenvalue weighted by molar-refractivity contribution is -0.119. The fourth-order valence-electron chi connectivity index (χ4n) is 3.18. The van der Waals surface area contributed by atoms with Crippen LogP contribution in [0.4, 0.5) is 0 Å². The van der Waals surface area contributed by atoms with Gasteiger partial charge < -0.3 is 10.2 Å².